The van der Waals surface area contributed by atoms with Gasteiger partial charge in [0.2, 0.25) is 0 Å². The molecule has 1 aromatic heterocycles. The van der Waals surface area contributed by atoms with E-state index in [-0.39, 0.29) is 12.5 Å². The molecule has 0 bridgehead atoms. The Bertz CT molecular complexity index is 1040. The van der Waals surface area contributed by atoms with Gasteiger partial charge in [-0.05, 0) is 30.3 Å². The van der Waals surface area contributed by atoms with Crippen molar-refractivity contribution in [3.8, 4) is 35.1 Å². The molecule has 1 amide bonds. The number of amides is 1. The normalized spacial score (nSPS) is 12.4. The van der Waals surface area contributed by atoms with Crippen molar-refractivity contribution in [2.45, 2.75) is 0 Å². The van der Waals surface area contributed by atoms with Crippen molar-refractivity contribution in [3.63, 3.8) is 0 Å². The lowest BCUT2D eigenvalue weighted by molar-refractivity contribution is 0.0960. The van der Waals surface area contributed by atoms with Gasteiger partial charge < -0.3 is 14.8 Å². The minimum absolute atomic E-state index is 0.175. The van der Waals surface area contributed by atoms with Crippen molar-refractivity contribution < 1.29 is 14.3 Å². The van der Waals surface area contributed by atoms with E-state index >= 15 is 0 Å². The highest BCUT2D eigenvalue weighted by atomic mass is 16.6. The molecule has 26 heavy (non-hydrogen) atoms. The van der Waals surface area contributed by atoms with Crippen LogP contribution in [-0.4, -0.2) is 30.6 Å². The van der Waals surface area contributed by atoms with Crippen LogP contribution >= 0.6 is 0 Å². The Morgan fingerprint density at radius 2 is 1.92 bits per heavy atom. The molecule has 2 aromatic carbocycles. The second-order valence-electron chi connectivity index (χ2n) is 5.82. The first-order chi connectivity index (χ1) is 12.8. The number of para-hydroxylation sites is 1. The van der Waals surface area contributed by atoms with Crippen LogP contribution in [0.3, 0.4) is 0 Å². The number of ether oxygens (including phenoxy) is 2. The predicted octanol–water partition coefficient (Wildman–Crippen LogP) is 3.04. The van der Waals surface area contributed by atoms with E-state index < -0.39 is 0 Å². The number of nitrogens with one attached hydrogen (secondary N) is 1. The largest absolute Gasteiger partial charge is 0.486 e. The van der Waals surface area contributed by atoms with Crippen molar-refractivity contribution in [2.75, 3.05) is 19.8 Å². The van der Waals surface area contributed by atoms with E-state index in [0.717, 1.165) is 16.5 Å². The molecule has 1 N–H and O–H groups in total. The molecule has 0 aliphatic carbocycles. The molecule has 1 aliphatic rings. The highest BCUT2D eigenvalue weighted by Gasteiger charge is 2.16. The van der Waals surface area contributed by atoms with Crippen LogP contribution in [0.15, 0.2) is 48.5 Å². The molecular formula is C21H16N2O3. The van der Waals surface area contributed by atoms with Gasteiger partial charge in [-0.15, -0.1) is 6.42 Å². The van der Waals surface area contributed by atoms with E-state index in [4.69, 9.17) is 20.9 Å². The van der Waals surface area contributed by atoms with Crippen molar-refractivity contribution in [3.05, 3.63) is 54.1 Å². The van der Waals surface area contributed by atoms with Gasteiger partial charge in [0.05, 0.1) is 23.3 Å². The van der Waals surface area contributed by atoms with Gasteiger partial charge in [-0.3, -0.25) is 4.79 Å². The zero-order valence-corrected chi connectivity index (χ0v) is 14.0. The number of rotatable bonds is 3. The molecule has 0 fully saturated rings. The SMILES string of the molecule is C#CCNC(=O)c1cc(-c2ccc3c(c2)OCCO3)nc2ccccc12. The van der Waals surface area contributed by atoms with Crippen molar-refractivity contribution in [1.29, 1.82) is 0 Å². The average Bonchev–Trinajstić information content (AvgIpc) is 2.70. The maximum Gasteiger partial charge on any atom is 0.252 e. The van der Waals surface area contributed by atoms with Crippen molar-refractivity contribution in [1.82, 2.24) is 10.3 Å². The van der Waals surface area contributed by atoms with E-state index in [1.165, 1.54) is 0 Å². The van der Waals surface area contributed by atoms with Gasteiger partial charge in [0.25, 0.3) is 5.91 Å². The second kappa shape index (κ2) is 6.77. The molecule has 0 atom stereocenters. The molecule has 1 aliphatic heterocycles. The van der Waals surface area contributed by atoms with Crippen LogP contribution in [-0.2, 0) is 0 Å². The third kappa shape index (κ3) is 2.93. The standard InChI is InChI=1S/C21H16N2O3/c1-2-9-22-21(24)16-13-18(23-17-6-4-3-5-15(16)17)14-7-8-19-20(12-14)26-11-10-25-19/h1,3-8,12-13H,9-11H2,(H,22,24). The van der Waals surface area contributed by atoms with Crippen LogP contribution in [0.5, 0.6) is 11.5 Å². The lowest BCUT2D eigenvalue weighted by Crippen LogP contribution is -2.24. The number of hydrogen-bond acceptors (Lipinski definition) is 4. The number of carbonyl (C=O) groups is 1. The summed E-state index contributed by atoms with van der Waals surface area (Å²) < 4.78 is 11.2. The third-order valence-corrected chi connectivity index (χ3v) is 4.15. The minimum atomic E-state index is -0.222. The topological polar surface area (TPSA) is 60.5 Å². The summed E-state index contributed by atoms with van der Waals surface area (Å²) >= 11 is 0. The summed E-state index contributed by atoms with van der Waals surface area (Å²) in [6, 6.07) is 15.0. The Morgan fingerprint density at radius 1 is 1.12 bits per heavy atom. The van der Waals surface area contributed by atoms with E-state index in [9.17, 15) is 4.79 Å². The van der Waals surface area contributed by atoms with E-state index in [1.54, 1.807) is 6.07 Å². The number of benzene rings is 2. The Morgan fingerprint density at radius 3 is 2.77 bits per heavy atom. The van der Waals surface area contributed by atoms with Gasteiger partial charge >= 0.3 is 0 Å². The first-order valence-electron chi connectivity index (χ1n) is 8.28. The smallest absolute Gasteiger partial charge is 0.252 e. The lowest BCUT2D eigenvalue weighted by Gasteiger charge is -2.19. The molecule has 0 radical (unpaired) electrons. The number of carbonyl (C=O) groups excluding carboxylic acids is 1. The zero-order valence-electron chi connectivity index (χ0n) is 14.0. The Labute approximate surface area is 151 Å². The Hall–Kier alpha value is -3.52. The lowest BCUT2D eigenvalue weighted by atomic mass is 10.0. The van der Waals surface area contributed by atoms with Crippen LogP contribution < -0.4 is 14.8 Å². The predicted molar refractivity (Wildman–Crippen MR) is 99.3 cm³/mol. The van der Waals surface area contributed by atoms with Crippen molar-refractivity contribution in [2.24, 2.45) is 0 Å². The molecule has 5 heteroatoms. The summed E-state index contributed by atoms with van der Waals surface area (Å²) in [6.45, 7) is 1.23. The molecule has 2 heterocycles. The monoisotopic (exact) mass is 344 g/mol. The summed E-state index contributed by atoms with van der Waals surface area (Å²) in [5.41, 5.74) is 2.82. The fourth-order valence-electron chi connectivity index (χ4n) is 2.94. The molecule has 0 saturated heterocycles. The summed E-state index contributed by atoms with van der Waals surface area (Å²) in [5, 5.41) is 3.50. The number of hydrogen-bond donors (Lipinski definition) is 1. The number of nitrogens with zero attached hydrogens (tertiary/aromatic N) is 1. The van der Waals surface area contributed by atoms with Crippen LogP contribution in [0.4, 0.5) is 0 Å². The fourth-order valence-corrected chi connectivity index (χ4v) is 2.94. The highest BCUT2D eigenvalue weighted by molar-refractivity contribution is 6.07. The first-order valence-corrected chi connectivity index (χ1v) is 8.28. The van der Waals surface area contributed by atoms with Crippen LogP contribution in [0.2, 0.25) is 0 Å². The zero-order chi connectivity index (χ0) is 17.9. The molecule has 0 unspecified atom stereocenters. The molecule has 4 rings (SSSR count). The number of terminal acetylenes is 1. The molecule has 5 nitrogen and oxygen atoms in total. The van der Waals surface area contributed by atoms with E-state index in [2.05, 4.69) is 11.2 Å². The second-order valence-corrected chi connectivity index (χ2v) is 5.82. The highest BCUT2D eigenvalue weighted by Crippen LogP contribution is 2.35. The van der Waals surface area contributed by atoms with Gasteiger partial charge in [0, 0.05) is 10.9 Å². The summed E-state index contributed by atoms with van der Waals surface area (Å²) in [5.74, 6) is 3.59. The van der Waals surface area contributed by atoms with Crippen LogP contribution in [0, 0.1) is 12.3 Å². The third-order valence-electron chi connectivity index (χ3n) is 4.15. The summed E-state index contributed by atoms with van der Waals surface area (Å²) in [4.78, 5) is 17.3. The van der Waals surface area contributed by atoms with Gasteiger partial charge in [0.15, 0.2) is 11.5 Å². The number of aromatic nitrogens is 1. The number of fused-ring (bicyclic) bond motifs is 2. The van der Waals surface area contributed by atoms with Crippen LogP contribution in [0.1, 0.15) is 10.4 Å². The van der Waals surface area contributed by atoms with Gasteiger partial charge in [-0.2, -0.15) is 0 Å². The van der Waals surface area contributed by atoms with Crippen molar-refractivity contribution >= 4 is 16.8 Å². The summed E-state index contributed by atoms with van der Waals surface area (Å²) in [7, 11) is 0. The molecule has 0 spiro atoms. The van der Waals surface area contributed by atoms with Crippen LogP contribution in [0.25, 0.3) is 22.2 Å². The van der Waals surface area contributed by atoms with E-state index in [1.807, 2.05) is 42.5 Å². The van der Waals surface area contributed by atoms with E-state index in [0.29, 0.717) is 36.0 Å². The first kappa shape index (κ1) is 16.0. The van der Waals surface area contributed by atoms with Gasteiger partial charge in [0.1, 0.15) is 13.2 Å². The van der Waals surface area contributed by atoms with Gasteiger partial charge in [-0.25, -0.2) is 4.98 Å². The molecule has 128 valence electrons. The summed E-state index contributed by atoms with van der Waals surface area (Å²) in [6.07, 6.45) is 5.25. The molecular weight excluding hydrogens is 328 g/mol. The maximum absolute atomic E-state index is 12.6. The maximum atomic E-state index is 12.6. The Balaban J connectivity index is 1.83. The van der Waals surface area contributed by atoms with Gasteiger partial charge in [-0.1, -0.05) is 24.1 Å². The average molecular weight is 344 g/mol. The molecule has 3 aromatic rings. The quantitative estimate of drug-likeness (QED) is 0.742. The number of pyridine rings is 1. The Kier molecular flexibility index (Phi) is 4.16. The fraction of sp³-hybridized carbons (Fsp3) is 0.143. The minimum Gasteiger partial charge on any atom is -0.486 e. The molecule has 0 saturated carbocycles.